The maximum absolute atomic E-state index is 12.8. The third-order valence-corrected chi connectivity index (χ3v) is 6.55. The van der Waals surface area contributed by atoms with Crippen LogP contribution >= 0.6 is 11.6 Å². The first-order valence-corrected chi connectivity index (χ1v) is 10.8. The number of carbonyl (C=O) groups excluding carboxylic acids is 1. The molecule has 6 nitrogen and oxygen atoms in total. The summed E-state index contributed by atoms with van der Waals surface area (Å²) in [6.07, 6.45) is 4.13. The minimum atomic E-state index is -0.819. The van der Waals surface area contributed by atoms with Crippen molar-refractivity contribution in [3.8, 4) is 0 Å². The number of hydrogen-bond acceptors (Lipinski definition) is 5. The first-order chi connectivity index (χ1) is 14.3. The molecule has 2 heterocycles. The van der Waals surface area contributed by atoms with Crippen molar-refractivity contribution in [3.05, 3.63) is 52.3 Å². The van der Waals surface area contributed by atoms with E-state index in [1.807, 2.05) is 38.6 Å². The number of halogens is 1. The van der Waals surface area contributed by atoms with Gasteiger partial charge in [0.05, 0.1) is 24.1 Å². The zero-order chi connectivity index (χ0) is 21.6. The number of rotatable bonds is 6. The third kappa shape index (κ3) is 3.37. The van der Waals surface area contributed by atoms with Gasteiger partial charge in [-0.05, 0) is 68.9 Å². The smallest absolute Gasteiger partial charge is 0.312 e. The van der Waals surface area contributed by atoms with Crippen LogP contribution in [0.25, 0.3) is 11.0 Å². The fourth-order valence-corrected chi connectivity index (χ4v) is 4.58. The fourth-order valence-electron chi connectivity index (χ4n) is 4.31. The second kappa shape index (κ2) is 7.65. The van der Waals surface area contributed by atoms with Crippen LogP contribution in [0, 0.1) is 19.3 Å². The Balaban J connectivity index is 1.92. The van der Waals surface area contributed by atoms with E-state index in [9.17, 15) is 4.79 Å². The highest BCUT2D eigenvalue weighted by Gasteiger charge is 2.41. The molecule has 3 aromatic rings. The van der Waals surface area contributed by atoms with E-state index in [0.29, 0.717) is 11.9 Å². The molecule has 1 fully saturated rings. The van der Waals surface area contributed by atoms with E-state index >= 15 is 0 Å². The van der Waals surface area contributed by atoms with Gasteiger partial charge in [0, 0.05) is 23.7 Å². The molecule has 1 aliphatic carbocycles. The van der Waals surface area contributed by atoms with Crippen LogP contribution in [0.4, 0.5) is 0 Å². The van der Waals surface area contributed by atoms with Gasteiger partial charge in [-0.1, -0.05) is 17.3 Å². The molecule has 1 aliphatic rings. The number of aryl methyl sites for hydroxylation is 2. The van der Waals surface area contributed by atoms with Gasteiger partial charge in [-0.2, -0.15) is 0 Å². The van der Waals surface area contributed by atoms with Gasteiger partial charge in [0.15, 0.2) is 0 Å². The van der Waals surface area contributed by atoms with Gasteiger partial charge < -0.3 is 4.74 Å². The Labute approximate surface area is 181 Å². The number of esters is 1. The predicted molar refractivity (Wildman–Crippen MR) is 117 cm³/mol. The highest BCUT2D eigenvalue weighted by molar-refractivity contribution is 6.17. The Hall–Kier alpha value is -2.47. The molecule has 4 rings (SSSR count). The van der Waals surface area contributed by atoms with Crippen molar-refractivity contribution < 1.29 is 9.53 Å². The maximum atomic E-state index is 12.8. The molecule has 0 aliphatic heterocycles. The Morgan fingerprint density at radius 2 is 2.07 bits per heavy atom. The first kappa shape index (κ1) is 20.8. The molecular formula is C23H27ClN4O2. The molecule has 1 atom stereocenters. The minimum absolute atomic E-state index is 0.268. The van der Waals surface area contributed by atoms with E-state index in [1.54, 1.807) is 0 Å². The van der Waals surface area contributed by atoms with Crippen LogP contribution in [0.15, 0.2) is 24.4 Å². The molecule has 0 radical (unpaired) electrons. The molecule has 1 saturated carbocycles. The summed E-state index contributed by atoms with van der Waals surface area (Å²) in [7, 11) is 1.43. The number of carbonyl (C=O) groups is 1. The van der Waals surface area contributed by atoms with E-state index in [0.717, 1.165) is 51.8 Å². The zero-order valence-electron chi connectivity index (χ0n) is 18.1. The highest BCUT2D eigenvalue weighted by Crippen LogP contribution is 2.45. The summed E-state index contributed by atoms with van der Waals surface area (Å²) in [5, 5.41) is 8.86. The van der Waals surface area contributed by atoms with Crippen LogP contribution < -0.4 is 0 Å². The summed E-state index contributed by atoms with van der Waals surface area (Å²) in [5.74, 6) is -0.177. The number of ether oxygens (including phenoxy) is 1. The fraction of sp³-hybridized carbons (Fsp3) is 0.478. The summed E-state index contributed by atoms with van der Waals surface area (Å²) < 4.78 is 7.19. The van der Waals surface area contributed by atoms with Gasteiger partial charge in [-0.3, -0.25) is 9.78 Å². The number of benzene rings is 1. The summed E-state index contributed by atoms with van der Waals surface area (Å²) >= 11 is 6.15. The van der Waals surface area contributed by atoms with Crippen LogP contribution in [0.3, 0.4) is 0 Å². The second-order valence-corrected chi connectivity index (χ2v) is 8.97. The third-order valence-electron chi connectivity index (χ3n) is 6.27. The molecule has 0 amide bonds. The molecule has 1 unspecified atom stereocenters. The Kier molecular flexibility index (Phi) is 5.30. The van der Waals surface area contributed by atoms with Gasteiger partial charge in [0.25, 0.3) is 0 Å². The molecule has 2 aromatic heterocycles. The average Bonchev–Trinajstić information content (AvgIpc) is 3.48. The van der Waals surface area contributed by atoms with Crippen molar-refractivity contribution >= 4 is 28.6 Å². The quantitative estimate of drug-likeness (QED) is 0.416. The largest absolute Gasteiger partial charge is 0.469 e. The average molecular weight is 427 g/mol. The molecule has 1 aromatic carbocycles. The SMILES string of the molecule is COC(=O)C(C)(C)C(c1cnc(C)c(CCl)c1)c1ccc2c(nnn2C2CC2)c1C. The summed E-state index contributed by atoms with van der Waals surface area (Å²) in [6.45, 7) is 7.81. The summed E-state index contributed by atoms with van der Waals surface area (Å²) in [4.78, 5) is 17.4. The van der Waals surface area contributed by atoms with Crippen LogP contribution in [0.2, 0.25) is 0 Å². The number of pyridine rings is 1. The standard InChI is InChI=1S/C23H27ClN4O2/c1-13-18(8-9-19-21(13)26-27-28(19)17-6-7-17)20(23(3,4)22(29)30-5)16-10-15(11-24)14(2)25-12-16/h8-10,12,17,20H,6-7,11H2,1-5H3. The monoisotopic (exact) mass is 426 g/mol. The number of hydrogen-bond donors (Lipinski definition) is 0. The van der Waals surface area contributed by atoms with E-state index in [1.165, 1.54) is 7.11 Å². The molecule has 0 saturated heterocycles. The van der Waals surface area contributed by atoms with Crippen LogP contribution in [0.5, 0.6) is 0 Å². The van der Waals surface area contributed by atoms with Gasteiger partial charge in [-0.15, -0.1) is 16.7 Å². The molecule has 0 spiro atoms. The summed E-state index contributed by atoms with van der Waals surface area (Å²) in [5.41, 5.74) is 5.92. The minimum Gasteiger partial charge on any atom is -0.469 e. The molecule has 0 N–H and O–H groups in total. The molecular weight excluding hydrogens is 400 g/mol. The highest BCUT2D eigenvalue weighted by atomic mass is 35.5. The Morgan fingerprint density at radius 1 is 1.33 bits per heavy atom. The van der Waals surface area contributed by atoms with Gasteiger partial charge in [-0.25, -0.2) is 4.68 Å². The number of alkyl halides is 1. The van der Waals surface area contributed by atoms with Crippen molar-refractivity contribution in [3.63, 3.8) is 0 Å². The summed E-state index contributed by atoms with van der Waals surface area (Å²) in [6, 6.07) is 6.67. The molecule has 0 bridgehead atoms. The van der Waals surface area contributed by atoms with Gasteiger partial charge in [0.1, 0.15) is 5.52 Å². The normalized spacial score (nSPS) is 15.4. The van der Waals surface area contributed by atoms with Crippen LogP contribution in [0.1, 0.15) is 66.6 Å². The van der Waals surface area contributed by atoms with Crippen LogP contribution in [-0.2, 0) is 15.4 Å². The van der Waals surface area contributed by atoms with Crippen molar-refractivity contribution in [2.75, 3.05) is 7.11 Å². The van der Waals surface area contributed by atoms with Gasteiger partial charge >= 0.3 is 5.97 Å². The lowest BCUT2D eigenvalue weighted by atomic mass is 9.70. The van der Waals surface area contributed by atoms with Crippen LogP contribution in [-0.4, -0.2) is 33.1 Å². The lowest BCUT2D eigenvalue weighted by Crippen LogP contribution is -2.34. The Bertz CT molecular complexity index is 1120. The van der Waals surface area contributed by atoms with Gasteiger partial charge in [0.2, 0.25) is 0 Å². The number of nitrogens with zero attached hydrogens (tertiary/aromatic N) is 4. The molecule has 158 valence electrons. The van der Waals surface area contributed by atoms with Crippen molar-refractivity contribution in [1.82, 2.24) is 20.0 Å². The zero-order valence-corrected chi connectivity index (χ0v) is 18.8. The first-order valence-electron chi connectivity index (χ1n) is 10.2. The van der Waals surface area contributed by atoms with E-state index in [2.05, 4.69) is 33.5 Å². The van der Waals surface area contributed by atoms with Crippen molar-refractivity contribution in [2.45, 2.75) is 58.4 Å². The lowest BCUT2D eigenvalue weighted by molar-refractivity contribution is -0.151. The topological polar surface area (TPSA) is 69.9 Å². The number of methoxy groups -OCH3 is 1. The van der Waals surface area contributed by atoms with E-state index in [4.69, 9.17) is 16.3 Å². The van der Waals surface area contributed by atoms with E-state index < -0.39 is 5.41 Å². The number of fused-ring (bicyclic) bond motifs is 1. The Morgan fingerprint density at radius 3 is 2.70 bits per heavy atom. The molecule has 7 heteroatoms. The maximum Gasteiger partial charge on any atom is 0.312 e. The van der Waals surface area contributed by atoms with E-state index in [-0.39, 0.29) is 11.9 Å². The molecule has 30 heavy (non-hydrogen) atoms. The van der Waals surface area contributed by atoms with Crippen molar-refractivity contribution in [2.24, 2.45) is 5.41 Å². The second-order valence-electron chi connectivity index (χ2n) is 8.71. The lowest BCUT2D eigenvalue weighted by Gasteiger charge is -2.33. The number of aromatic nitrogens is 4. The predicted octanol–water partition coefficient (Wildman–Crippen LogP) is 4.85. The van der Waals surface area contributed by atoms with Crippen molar-refractivity contribution in [1.29, 1.82) is 0 Å².